The van der Waals surface area contributed by atoms with Crippen LogP contribution in [0.1, 0.15) is 58.5 Å². The van der Waals surface area contributed by atoms with Gasteiger partial charge in [-0.05, 0) is 52.4 Å². The monoisotopic (exact) mass is 624 g/mol. The molecule has 0 aliphatic carbocycles. The molecule has 0 bridgehead atoms. The van der Waals surface area contributed by atoms with Gasteiger partial charge >= 0.3 is 6.18 Å². The van der Waals surface area contributed by atoms with E-state index in [0.717, 1.165) is 28.3 Å². The number of carbonyl (C=O) groups is 1. The summed E-state index contributed by atoms with van der Waals surface area (Å²) in [4.78, 5) is 23.8. The van der Waals surface area contributed by atoms with Crippen LogP contribution in [0.3, 0.4) is 0 Å². The number of rotatable bonds is 8. The number of nitrogens with zero attached hydrogens (tertiary/aromatic N) is 4. The maximum absolute atomic E-state index is 13.5. The summed E-state index contributed by atoms with van der Waals surface area (Å²) < 4.78 is 53.0. The first-order valence-corrected chi connectivity index (χ1v) is 15.5. The molecule has 4 aromatic rings. The van der Waals surface area contributed by atoms with E-state index in [1.807, 2.05) is 4.90 Å². The number of hydrogen-bond donors (Lipinski definition) is 0. The van der Waals surface area contributed by atoms with E-state index in [4.69, 9.17) is 0 Å². The van der Waals surface area contributed by atoms with E-state index >= 15 is 0 Å². The van der Waals surface area contributed by atoms with Gasteiger partial charge in [0.2, 0.25) is 0 Å². The number of alkyl halides is 3. The molecule has 1 aromatic heterocycles. The number of hydrogen-bond acceptors (Lipinski definition) is 5. The number of aromatic nitrogens is 1. The van der Waals surface area contributed by atoms with Gasteiger partial charge in [-0.3, -0.25) is 9.69 Å². The van der Waals surface area contributed by atoms with Crippen molar-refractivity contribution in [3.8, 4) is 0 Å². The minimum absolute atomic E-state index is 0.0565. The summed E-state index contributed by atoms with van der Waals surface area (Å²) in [5.41, 5.74) is 3.62. The molecule has 0 atom stereocenters. The van der Waals surface area contributed by atoms with Crippen LogP contribution in [0.5, 0.6) is 0 Å². The molecule has 10 heteroatoms. The molecule has 3 aromatic carbocycles. The van der Waals surface area contributed by atoms with E-state index in [-0.39, 0.29) is 17.1 Å². The largest absolute Gasteiger partial charge is 0.416 e. The smallest absolute Gasteiger partial charge is 0.368 e. The summed E-state index contributed by atoms with van der Waals surface area (Å²) in [6.45, 7) is 9.95. The van der Waals surface area contributed by atoms with Crippen molar-refractivity contribution in [3.05, 3.63) is 117 Å². The summed E-state index contributed by atoms with van der Waals surface area (Å²) in [7, 11) is 0. The van der Waals surface area contributed by atoms with Crippen molar-refractivity contribution in [1.82, 2.24) is 14.8 Å². The molecule has 232 valence electrons. The quantitative estimate of drug-likeness (QED) is 0.188. The van der Waals surface area contributed by atoms with Crippen LogP contribution in [0.2, 0.25) is 0 Å². The number of carbonyl (C=O) groups excluding carboxylic acids is 1. The minimum atomic E-state index is -4.40. The van der Waals surface area contributed by atoms with E-state index in [9.17, 15) is 22.4 Å². The zero-order chi connectivity index (χ0) is 31.5. The Kier molecular flexibility index (Phi) is 9.41. The summed E-state index contributed by atoms with van der Waals surface area (Å²) in [6.07, 6.45) is -4.40. The second-order valence-electron chi connectivity index (χ2n) is 12.2. The SMILES string of the molecule is CC(C)(C)c1ccc(CN(Cc2ccc(F)cc2)Cc2nc(C(=O)N3CCN(c4cccc(C(F)(F)F)c4)CC3)cs2)cc1. The van der Waals surface area contributed by atoms with Gasteiger partial charge in [0, 0.05) is 50.3 Å². The van der Waals surface area contributed by atoms with Crippen LogP contribution in [0.15, 0.2) is 78.2 Å². The van der Waals surface area contributed by atoms with Gasteiger partial charge in [0.1, 0.15) is 16.5 Å². The highest BCUT2D eigenvalue weighted by Gasteiger charge is 2.31. The molecule has 44 heavy (non-hydrogen) atoms. The van der Waals surface area contributed by atoms with Crippen molar-refractivity contribution < 1.29 is 22.4 Å². The lowest BCUT2D eigenvalue weighted by Gasteiger charge is -2.36. The second-order valence-corrected chi connectivity index (χ2v) is 13.1. The van der Waals surface area contributed by atoms with Crippen LogP contribution in [0.25, 0.3) is 0 Å². The fraction of sp³-hybridized carbons (Fsp3) is 0.353. The van der Waals surface area contributed by atoms with Crippen LogP contribution in [-0.2, 0) is 31.2 Å². The van der Waals surface area contributed by atoms with E-state index in [1.165, 1.54) is 35.1 Å². The average Bonchev–Trinajstić information content (AvgIpc) is 3.46. The Labute approximate surface area is 259 Å². The van der Waals surface area contributed by atoms with Gasteiger partial charge in [-0.2, -0.15) is 13.2 Å². The van der Waals surface area contributed by atoms with Crippen molar-refractivity contribution >= 4 is 22.9 Å². The first-order chi connectivity index (χ1) is 20.8. The van der Waals surface area contributed by atoms with Crippen LogP contribution in [-0.4, -0.2) is 46.9 Å². The lowest BCUT2D eigenvalue weighted by Crippen LogP contribution is -2.49. The summed E-state index contributed by atoms with van der Waals surface area (Å²) in [5, 5.41) is 2.56. The predicted octanol–water partition coefficient (Wildman–Crippen LogP) is 7.76. The molecule has 2 heterocycles. The van der Waals surface area contributed by atoms with Crippen molar-refractivity contribution in [2.75, 3.05) is 31.1 Å². The lowest BCUT2D eigenvalue weighted by molar-refractivity contribution is -0.137. The molecule has 1 fully saturated rings. The van der Waals surface area contributed by atoms with Crippen molar-refractivity contribution in [3.63, 3.8) is 0 Å². The Hall–Kier alpha value is -3.76. The standard InChI is InChI=1S/C34H36F4N4OS/c1-33(2,3)26-11-7-24(8-12-26)20-40(21-25-9-13-28(35)14-10-25)22-31-39-30(23-44-31)32(43)42-17-15-41(16-18-42)29-6-4-5-27(19-29)34(36,37)38/h4-14,19,23H,15-18,20-22H2,1-3H3. The summed E-state index contributed by atoms with van der Waals surface area (Å²) in [6, 6.07) is 20.3. The zero-order valence-corrected chi connectivity index (χ0v) is 25.9. The van der Waals surface area contributed by atoms with Crippen molar-refractivity contribution in [1.29, 1.82) is 0 Å². The fourth-order valence-electron chi connectivity index (χ4n) is 5.27. The average molecular weight is 625 g/mol. The van der Waals surface area contributed by atoms with E-state index in [2.05, 4.69) is 54.9 Å². The van der Waals surface area contributed by atoms with Gasteiger partial charge < -0.3 is 9.80 Å². The Morgan fingerprint density at radius 3 is 2.05 bits per heavy atom. The lowest BCUT2D eigenvalue weighted by atomic mass is 9.87. The molecule has 5 nitrogen and oxygen atoms in total. The number of piperazine rings is 1. The minimum Gasteiger partial charge on any atom is -0.368 e. The number of benzene rings is 3. The topological polar surface area (TPSA) is 39.7 Å². The number of anilines is 1. The van der Waals surface area contributed by atoms with Crippen LogP contribution < -0.4 is 4.90 Å². The van der Waals surface area contributed by atoms with Gasteiger partial charge in [-0.15, -0.1) is 11.3 Å². The number of halogens is 4. The van der Waals surface area contributed by atoms with Gasteiger partial charge in [0.05, 0.1) is 12.1 Å². The van der Waals surface area contributed by atoms with Crippen molar-refractivity contribution in [2.24, 2.45) is 0 Å². The highest BCUT2D eigenvalue weighted by molar-refractivity contribution is 7.09. The summed E-state index contributed by atoms with van der Waals surface area (Å²) in [5.74, 6) is -0.462. The third kappa shape index (κ3) is 8.04. The van der Waals surface area contributed by atoms with E-state index in [0.29, 0.717) is 57.2 Å². The molecule has 0 saturated carbocycles. The molecule has 0 radical (unpaired) electrons. The molecule has 1 aliphatic heterocycles. The Morgan fingerprint density at radius 2 is 1.45 bits per heavy atom. The fourth-order valence-corrected chi connectivity index (χ4v) is 6.08. The molecular weight excluding hydrogens is 588 g/mol. The normalized spacial score (nSPS) is 14.4. The molecule has 5 rings (SSSR count). The van der Waals surface area contributed by atoms with Gasteiger partial charge in [-0.1, -0.05) is 63.2 Å². The molecule has 0 N–H and O–H groups in total. The highest BCUT2D eigenvalue weighted by Crippen LogP contribution is 2.32. The summed E-state index contributed by atoms with van der Waals surface area (Å²) >= 11 is 1.42. The molecule has 1 amide bonds. The molecular formula is C34H36F4N4OS. The van der Waals surface area contributed by atoms with Crippen molar-refractivity contribution in [2.45, 2.75) is 52.0 Å². The van der Waals surface area contributed by atoms with E-state index in [1.54, 1.807) is 28.5 Å². The Bertz CT molecular complexity index is 1550. The first kappa shape index (κ1) is 31.7. The van der Waals surface area contributed by atoms with Crippen LogP contribution >= 0.6 is 11.3 Å². The highest BCUT2D eigenvalue weighted by atomic mass is 32.1. The number of thiazole rings is 1. The Morgan fingerprint density at radius 1 is 0.841 bits per heavy atom. The Balaban J connectivity index is 1.24. The predicted molar refractivity (Wildman–Crippen MR) is 166 cm³/mol. The third-order valence-corrected chi connectivity index (χ3v) is 8.61. The van der Waals surface area contributed by atoms with Gasteiger partial charge in [-0.25, -0.2) is 9.37 Å². The van der Waals surface area contributed by atoms with Gasteiger partial charge in [0.25, 0.3) is 5.91 Å². The second kappa shape index (κ2) is 13.1. The molecule has 0 spiro atoms. The molecule has 1 saturated heterocycles. The number of amides is 1. The maximum atomic E-state index is 13.5. The third-order valence-electron chi connectivity index (χ3n) is 7.78. The van der Waals surface area contributed by atoms with E-state index < -0.39 is 11.7 Å². The molecule has 1 aliphatic rings. The maximum Gasteiger partial charge on any atom is 0.416 e. The van der Waals surface area contributed by atoms with Crippen LogP contribution in [0.4, 0.5) is 23.2 Å². The first-order valence-electron chi connectivity index (χ1n) is 14.6. The van der Waals surface area contributed by atoms with Crippen LogP contribution in [0, 0.1) is 5.82 Å². The van der Waals surface area contributed by atoms with Gasteiger partial charge in [0.15, 0.2) is 0 Å². The molecule has 0 unspecified atom stereocenters. The zero-order valence-electron chi connectivity index (χ0n) is 25.1.